The van der Waals surface area contributed by atoms with E-state index in [4.69, 9.17) is 9.47 Å². The fraction of sp³-hybridized carbons (Fsp3) is 0.103. The maximum Gasteiger partial charge on any atom is 0.178 e. The second-order valence-corrected chi connectivity index (χ2v) is 17.5. The second-order valence-electron chi connectivity index (χ2n) is 17.5. The lowest BCUT2D eigenvalue weighted by atomic mass is 9.70. The zero-order valence-electron chi connectivity index (χ0n) is 34.0. The summed E-state index contributed by atoms with van der Waals surface area (Å²) in [5.41, 5.74) is 19.5. The van der Waals surface area contributed by atoms with Crippen LogP contribution >= 0.6 is 0 Å². The fourth-order valence-corrected chi connectivity index (χ4v) is 11.4. The van der Waals surface area contributed by atoms with Crippen molar-refractivity contribution in [2.24, 2.45) is 0 Å². The van der Waals surface area contributed by atoms with E-state index in [0.717, 1.165) is 34.9 Å². The number of hydrogen-bond acceptors (Lipinski definition) is 3. The third-order valence-electron chi connectivity index (χ3n) is 14.1. The maximum absolute atomic E-state index is 7.05. The van der Waals surface area contributed by atoms with Gasteiger partial charge in [-0.1, -0.05) is 172 Å². The van der Waals surface area contributed by atoms with Crippen LogP contribution in [-0.4, -0.2) is 6.04 Å². The quantitative estimate of drug-likeness (QED) is 0.177. The smallest absolute Gasteiger partial charge is 0.178 e. The first-order valence-corrected chi connectivity index (χ1v) is 21.4. The molecule has 0 amide bonds. The molecule has 0 aromatic heterocycles. The molecule has 1 heterocycles. The van der Waals surface area contributed by atoms with Crippen molar-refractivity contribution in [3.05, 3.63) is 228 Å². The molecule has 3 nitrogen and oxygen atoms in total. The zero-order valence-corrected chi connectivity index (χ0v) is 34.0. The Bertz CT molecular complexity index is 3190. The Balaban J connectivity index is 0.923. The van der Waals surface area contributed by atoms with Crippen LogP contribution in [-0.2, 0) is 10.8 Å². The molecular formula is C58H41NO2. The van der Waals surface area contributed by atoms with Crippen LogP contribution in [0.5, 0.6) is 23.0 Å². The van der Waals surface area contributed by atoms with Gasteiger partial charge in [-0.2, -0.15) is 0 Å². The third kappa shape index (κ3) is 4.64. The first-order chi connectivity index (χ1) is 30.0. The van der Waals surface area contributed by atoms with E-state index in [1.807, 2.05) is 0 Å². The van der Waals surface area contributed by atoms with Gasteiger partial charge in [0.2, 0.25) is 0 Å². The van der Waals surface area contributed by atoms with Crippen LogP contribution in [0, 0.1) is 0 Å². The highest BCUT2D eigenvalue weighted by Gasteiger charge is 2.53. The highest BCUT2D eigenvalue weighted by atomic mass is 16.6. The fourth-order valence-electron chi connectivity index (χ4n) is 11.4. The molecule has 290 valence electrons. The van der Waals surface area contributed by atoms with Crippen molar-refractivity contribution in [3.8, 4) is 67.5 Å². The molecule has 0 unspecified atom stereocenters. The molecule has 1 spiro atoms. The summed E-state index contributed by atoms with van der Waals surface area (Å²) >= 11 is 0. The van der Waals surface area contributed by atoms with Crippen molar-refractivity contribution >= 4 is 11.4 Å². The van der Waals surface area contributed by atoms with E-state index in [0.29, 0.717) is 11.5 Å². The SMILES string of the molecule is CC1(C)c2ccccc2-c2ccc(-c3ccccc3N(c3ccc4c(c3)Oc3ccc5c(c3O4)-c3ccccc3C53c4ccccc4-c4ccccc43)[C@@H]3C=CC=CC3)cc21. The number of benzene rings is 8. The minimum atomic E-state index is -0.448. The summed E-state index contributed by atoms with van der Waals surface area (Å²) in [5.74, 6) is 2.91. The van der Waals surface area contributed by atoms with E-state index in [9.17, 15) is 0 Å². The molecule has 0 saturated heterocycles. The number of para-hydroxylation sites is 1. The number of hydrogen-bond donors (Lipinski definition) is 0. The van der Waals surface area contributed by atoms with E-state index in [1.165, 1.54) is 72.3 Å². The number of rotatable bonds is 4. The molecule has 4 aliphatic carbocycles. The van der Waals surface area contributed by atoms with Crippen molar-refractivity contribution in [1.29, 1.82) is 0 Å². The van der Waals surface area contributed by atoms with Gasteiger partial charge in [-0.15, -0.1) is 0 Å². The van der Waals surface area contributed by atoms with Crippen LogP contribution in [0.2, 0.25) is 0 Å². The summed E-state index contributed by atoms with van der Waals surface area (Å²) in [7, 11) is 0. The first kappa shape index (κ1) is 34.5. The molecule has 0 radical (unpaired) electrons. The summed E-state index contributed by atoms with van der Waals surface area (Å²) in [4.78, 5) is 2.47. The maximum atomic E-state index is 7.05. The molecule has 13 rings (SSSR count). The van der Waals surface area contributed by atoms with E-state index in [1.54, 1.807) is 0 Å². The van der Waals surface area contributed by atoms with Gasteiger partial charge in [-0.3, -0.25) is 0 Å². The van der Waals surface area contributed by atoms with E-state index < -0.39 is 5.41 Å². The standard InChI is InChI=1S/C58H41NO2/c1-57(2)45-23-11-6-19-40(45)43-30-28-36(34-50(43)57)39-18-10-15-27-51(39)59(37-16-4-3-5-17-37)38-29-32-52-54(35-38)60-53-33-31-49-55(56(53)61-52)44-22-9-14-26-48(44)58(49)46-24-12-7-20-41(46)42-21-8-13-25-47(42)58/h3-16,18-35,37H,17H2,1-2H3/t37-/m1/s1. The summed E-state index contributed by atoms with van der Waals surface area (Å²) < 4.78 is 14.0. The van der Waals surface area contributed by atoms with Gasteiger partial charge in [-0.25, -0.2) is 0 Å². The molecule has 0 saturated carbocycles. The Hall–Kier alpha value is -7.36. The Kier molecular flexibility index (Phi) is 7.11. The molecule has 0 N–H and O–H groups in total. The van der Waals surface area contributed by atoms with E-state index in [-0.39, 0.29) is 11.5 Å². The van der Waals surface area contributed by atoms with Gasteiger partial charge in [0.05, 0.1) is 11.5 Å². The highest BCUT2D eigenvalue weighted by molar-refractivity contribution is 5.98. The van der Waals surface area contributed by atoms with Crippen molar-refractivity contribution in [3.63, 3.8) is 0 Å². The number of ether oxygens (including phenoxy) is 2. The molecule has 1 atom stereocenters. The number of allylic oxidation sites excluding steroid dienone is 2. The summed E-state index contributed by atoms with van der Waals surface area (Å²) in [6, 6.07) is 62.3. The Morgan fingerprint density at radius 3 is 1.80 bits per heavy atom. The van der Waals surface area contributed by atoms with Crippen LogP contribution in [0.4, 0.5) is 11.4 Å². The largest absolute Gasteiger partial charge is 0.449 e. The molecule has 1 aliphatic heterocycles. The van der Waals surface area contributed by atoms with Gasteiger partial charge < -0.3 is 14.4 Å². The van der Waals surface area contributed by atoms with E-state index in [2.05, 4.69) is 213 Å². The van der Waals surface area contributed by atoms with Crippen molar-refractivity contribution in [1.82, 2.24) is 0 Å². The van der Waals surface area contributed by atoms with Crippen LogP contribution in [0.25, 0.3) is 44.5 Å². The third-order valence-corrected chi connectivity index (χ3v) is 14.1. The lowest BCUT2D eigenvalue weighted by Gasteiger charge is -2.35. The lowest BCUT2D eigenvalue weighted by Crippen LogP contribution is -2.30. The summed E-state index contributed by atoms with van der Waals surface area (Å²) in [5, 5.41) is 0. The predicted octanol–water partition coefficient (Wildman–Crippen LogP) is 14.9. The lowest BCUT2D eigenvalue weighted by molar-refractivity contribution is 0.360. The van der Waals surface area contributed by atoms with Gasteiger partial charge >= 0.3 is 0 Å². The average molecular weight is 784 g/mol. The molecule has 5 aliphatic rings. The summed E-state index contributed by atoms with van der Waals surface area (Å²) in [6.45, 7) is 4.70. The van der Waals surface area contributed by atoms with Gasteiger partial charge in [-0.05, 0) is 104 Å². The van der Waals surface area contributed by atoms with Gasteiger partial charge in [0.25, 0.3) is 0 Å². The Labute approximate surface area is 356 Å². The van der Waals surface area contributed by atoms with Crippen molar-refractivity contribution in [2.75, 3.05) is 4.90 Å². The molecule has 8 aromatic carbocycles. The van der Waals surface area contributed by atoms with Crippen molar-refractivity contribution < 1.29 is 9.47 Å². The van der Waals surface area contributed by atoms with Gasteiger partial charge in [0.15, 0.2) is 23.0 Å². The van der Waals surface area contributed by atoms with Crippen LogP contribution in [0.1, 0.15) is 53.6 Å². The Morgan fingerprint density at radius 2 is 1.08 bits per heavy atom. The van der Waals surface area contributed by atoms with Gasteiger partial charge in [0, 0.05) is 34.0 Å². The number of nitrogens with zero attached hydrogens (tertiary/aromatic N) is 1. The average Bonchev–Trinajstić information content (AvgIpc) is 3.87. The molecular weight excluding hydrogens is 743 g/mol. The molecule has 0 fully saturated rings. The molecule has 0 bridgehead atoms. The van der Waals surface area contributed by atoms with Crippen molar-refractivity contribution in [2.45, 2.75) is 37.1 Å². The topological polar surface area (TPSA) is 21.7 Å². The summed E-state index contributed by atoms with van der Waals surface area (Å²) in [6.07, 6.45) is 9.76. The number of anilines is 2. The number of fused-ring (bicyclic) bond motifs is 16. The normalized spacial score (nSPS) is 16.9. The van der Waals surface area contributed by atoms with E-state index >= 15 is 0 Å². The van der Waals surface area contributed by atoms with Crippen LogP contribution in [0.3, 0.4) is 0 Å². The van der Waals surface area contributed by atoms with Gasteiger partial charge in [0.1, 0.15) is 0 Å². The minimum Gasteiger partial charge on any atom is -0.449 e. The predicted molar refractivity (Wildman–Crippen MR) is 248 cm³/mol. The molecule has 3 heteroatoms. The zero-order chi connectivity index (χ0) is 40.5. The monoisotopic (exact) mass is 783 g/mol. The van der Waals surface area contributed by atoms with Crippen LogP contribution < -0.4 is 14.4 Å². The molecule has 61 heavy (non-hydrogen) atoms. The first-order valence-electron chi connectivity index (χ1n) is 21.4. The Morgan fingerprint density at radius 1 is 0.475 bits per heavy atom. The minimum absolute atomic E-state index is 0.0888. The highest BCUT2D eigenvalue weighted by Crippen LogP contribution is 2.66. The second kappa shape index (κ2) is 12.6. The molecule has 8 aromatic rings. The van der Waals surface area contributed by atoms with Crippen LogP contribution in [0.15, 0.2) is 194 Å².